The zero-order valence-electron chi connectivity index (χ0n) is 10.6. The maximum absolute atomic E-state index is 11.0. The van der Waals surface area contributed by atoms with Crippen LogP contribution < -0.4 is 4.74 Å². The number of carboxylic acid groups (broad SMARTS) is 1. The van der Waals surface area contributed by atoms with Gasteiger partial charge in [0.25, 0.3) is 0 Å². The zero-order chi connectivity index (χ0) is 13.0. The van der Waals surface area contributed by atoms with Crippen molar-refractivity contribution in [2.45, 2.75) is 19.4 Å². The second-order valence-corrected chi connectivity index (χ2v) is 4.76. The molecule has 98 valence electrons. The Bertz CT molecular complexity index is 402. The van der Waals surface area contributed by atoms with Gasteiger partial charge in [-0.15, -0.1) is 0 Å². The van der Waals surface area contributed by atoms with E-state index in [4.69, 9.17) is 9.84 Å². The molecule has 0 bridgehead atoms. The van der Waals surface area contributed by atoms with Gasteiger partial charge in [-0.1, -0.05) is 12.1 Å². The number of carboxylic acids is 1. The van der Waals surface area contributed by atoms with Crippen molar-refractivity contribution in [2.75, 3.05) is 20.2 Å². The van der Waals surface area contributed by atoms with E-state index >= 15 is 0 Å². The van der Waals surface area contributed by atoms with Gasteiger partial charge in [-0.2, -0.15) is 0 Å². The molecule has 1 atom stereocenters. The average molecular weight is 249 g/mol. The minimum atomic E-state index is -0.672. The van der Waals surface area contributed by atoms with E-state index in [1.165, 1.54) is 5.56 Å². The summed E-state index contributed by atoms with van der Waals surface area (Å²) < 4.78 is 5.12. The Morgan fingerprint density at radius 2 is 2.17 bits per heavy atom. The smallest absolute Gasteiger partial charge is 0.307 e. The van der Waals surface area contributed by atoms with Crippen LogP contribution in [-0.4, -0.2) is 36.2 Å². The minimum Gasteiger partial charge on any atom is -0.497 e. The Morgan fingerprint density at radius 3 is 2.78 bits per heavy atom. The summed E-state index contributed by atoms with van der Waals surface area (Å²) in [5.74, 6) is -0.0350. The lowest BCUT2D eigenvalue weighted by molar-refractivity contribution is -0.143. The number of carbonyl (C=O) groups is 1. The molecule has 1 aliphatic rings. The highest BCUT2D eigenvalue weighted by Crippen LogP contribution is 2.19. The molecule has 1 heterocycles. The van der Waals surface area contributed by atoms with Crippen molar-refractivity contribution in [3.05, 3.63) is 29.8 Å². The topological polar surface area (TPSA) is 49.8 Å². The number of nitrogens with zero attached hydrogens (tertiary/aromatic N) is 1. The second-order valence-electron chi connectivity index (χ2n) is 4.76. The van der Waals surface area contributed by atoms with E-state index in [9.17, 15) is 4.79 Å². The summed E-state index contributed by atoms with van der Waals surface area (Å²) in [6.45, 7) is 2.45. The lowest BCUT2D eigenvalue weighted by Gasteiger charge is -2.30. The maximum atomic E-state index is 11.0. The normalized spacial score (nSPS) is 20.6. The molecule has 1 fully saturated rings. The minimum absolute atomic E-state index is 0.211. The standard InChI is InChI=1S/C14H19NO3/c1-18-13-6-4-11(5-7-13)9-15-8-2-3-12(10-15)14(16)17/h4-7,12H,2-3,8-10H2,1H3,(H,16,17)/t12-/m0/s1. The van der Waals surface area contributed by atoms with Gasteiger partial charge < -0.3 is 9.84 Å². The first-order valence-corrected chi connectivity index (χ1v) is 6.27. The second kappa shape index (κ2) is 5.87. The maximum Gasteiger partial charge on any atom is 0.307 e. The lowest BCUT2D eigenvalue weighted by Crippen LogP contribution is -2.38. The SMILES string of the molecule is COc1ccc(CN2CCC[C@H](C(=O)O)C2)cc1. The molecule has 0 unspecified atom stereocenters. The van der Waals surface area contributed by atoms with Gasteiger partial charge in [0.1, 0.15) is 5.75 Å². The molecule has 0 amide bonds. The zero-order valence-corrected chi connectivity index (χ0v) is 10.6. The molecule has 0 radical (unpaired) electrons. The molecule has 1 saturated heterocycles. The summed E-state index contributed by atoms with van der Waals surface area (Å²) in [4.78, 5) is 13.2. The van der Waals surface area contributed by atoms with Gasteiger partial charge in [0, 0.05) is 13.1 Å². The van der Waals surface area contributed by atoms with Crippen molar-refractivity contribution in [3.8, 4) is 5.75 Å². The van der Waals surface area contributed by atoms with Crippen LogP contribution in [0.1, 0.15) is 18.4 Å². The Balaban J connectivity index is 1.93. The third kappa shape index (κ3) is 3.23. The molecule has 1 aromatic carbocycles. The van der Waals surface area contributed by atoms with Gasteiger partial charge in [-0.05, 0) is 37.1 Å². The van der Waals surface area contributed by atoms with E-state index in [1.807, 2.05) is 24.3 Å². The third-order valence-corrected chi connectivity index (χ3v) is 3.42. The van der Waals surface area contributed by atoms with E-state index in [1.54, 1.807) is 7.11 Å². The molecule has 0 aromatic heterocycles. The van der Waals surface area contributed by atoms with Crippen LogP contribution in [0, 0.1) is 5.92 Å². The van der Waals surface area contributed by atoms with Crippen LogP contribution in [0.4, 0.5) is 0 Å². The Hall–Kier alpha value is -1.55. The number of hydrogen-bond donors (Lipinski definition) is 1. The fraction of sp³-hybridized carbons (Fsp3) is 0.500. The fourth-order valence-corrected chi connectivity index (χ4v) is 2.39. The summed E-state index contributed by atoms with van der Waals surface area (Å²) >= 11 is 0. The van der Waals surface area contributed by atoms with Crippen molar-refractivity contribution >= 4 is 5.97 Å². The summed E-state index contributed by atoms with van der Waals surface area (Å²) in [5, 5.41) is 9.05. The van der Waals surface area contributed by atoms with Crippen LogP contribution in [0.15, 0.2) is 24.3 Å². The van der Waals surface area contributed by atoms with Gasteiger partial charge in [-0.25, -0.2) is 0 Å². The largest absolute Gasteiger partial charge is 0.497 e. The summed E-state index contributed by atoms with van der Waals surface area (Å²) in [6, 6.07) is 7.94. The van der Waals surface area contributed by atoms with Gasteiger partial charge in [0.15, 0.2) is 0 Å². The molecule has 2 rings (SSSR count). The van der Waals surface area contributed by atoms with E-state index in [0.717, 1.165) is 31.7 Å². The highest BCUT2D eigenvalue weighted by atomic mass is 16.5. The predicted molar refractivity (Wildman–Crippen MR) is 68.6 cm³/mol. The molecule has 4 heteroatoms. The summed E-state index contributed by atoms with van der Waals surface area (Å²) in [5.41, 5.74) is 1.20. The Morgan fingerprint density at radius 1 is 1.44 bits per heavy atom. The quantitative estimate of drug-likeness (QED) is 0.886. The van der Waals surface area contributed by atoms with Crippen LogP contribution in [0.5, 0.6) is 5.75 Å². The average Bonchev–Trinajstić information content (AvgIpc) is 2.40. The van der Waals surface area contributed by atoms with Crippen molar-refractivity contribution in [1.29, 1.82) is 0 Å². The van der Waals surface area contributed by atoms with Crippen LogP contribution in [-0.2, 0) is 11.3 Å². The van der Waals surface area contributed by atoms with Crippen LogP contribution in [0.3, 0.4) is 0 Å². The van der Waals surface area contributed by atoms with Crippen molar-refractivity contribution < 1.29 is 14.6 Å². The Kier molecular flexibility index (Phi) is 4.20. The first-order valence-electron chi connectivity index (χ1n) is 6.27. The lowest BCUT2D eigenvalue weighted by atomic mass is 9.98. The van der Waals surface area contributed by atoms with Crippen LogP contribution in [0.2, 0.25) is 0 Å². The molecule has 18 heavy (non-hydrogen) atoms. The van der Waals surface area contributed by atoms with Gasteiger partial charge in [-0.3, -0.25) is 9.69 Å². The van der Waals surface area contributed by atoms with Gasteiger partial charge in [0.2, 0.25) is 0 Å². The molecule has 1 aromatic rings. The van der Waals surface area contributed by atoms with Crippen LogP contribution >= 0.6 is 0 Å². The monoisotopic (exact) mass is 249 g/mol. The summed E-state index contributed by atoms with van der Waals surface area (Å²) in [7, 11) is 1.65. The molecule has 0 aliphatic carbocycles. The van der Waals surface area contributed by atoms with E-state index in [-0.39, 0.29) is 5.92 Å². The highest BCUT2D eigenvalue weighted by molar-refractivity contribution is 5.70. The number of likely N-dealkylation sites (tertiary alicyclic amines) is 1. The number of ether oxygens (including phenoxy) is 1. The van der Waals surface area contributed by atoms with Crippen molar-refractivity contribution in [3.63, 3.8) is 0 Å². The number of aliphatic carboxylic acids is 1. The molecule has 1 aliphatic heterocycles. The first kappa shape index (κ1) is 12.9. The van der Waals surface area contributed by atoms with Gasteiger partial charge in [0.05, 0.1) is 13.0 Å². The molecular weight excluding hydrogens is 230 g/mol. The number of piperidine rings is 1. The molecule has 0 saturated carbocycles. The number of methoxy groups -OCH3 is 1. The first-order chi connectivity index (χ1) is 8.69. The molecule has 4 nitrogen and oxygen atoms in total. The van der Waals surface area contributed by atoms with Gasteiger partial charge >= 0.3 is 5.97 Å². The Labute approximate surface area is 107 Å². The predicted octanol–water partition coefficient (Wildman–Crippen LogP) is 1.99. The summed E-state index contributed by atoms with van der Waals surface area (Å²) in [6.07, 6.45) is 1.77. The fourth-order valence-electron chi connectivity index (χ4n) is 2.39. The van der Waals surface area contributed by atoms with E-state index in [2.05, 4.69) is 4.90 Å². The molecule has 0 spiro atoms. The van der Waals surface area contributed by atoms with Crippen LogP contribution in [0.25, 0.3) is 0 Å². The highest BCUT2D eigenvalue weighted by Gasteiger charge is 2.25. The third-order valence-electron chi connectivity index (χ3n) is 3.42. The number of hydrogen-bond acceptors (Lipinski definition) is 3. The molecule has 1 N–H and O–H groups in total. The van der Waals surface area contributed by atoms with Crippen molar-refractivity contribution in [2.24, 2.45) is 5.92 Å². The van der Waals surface area contributed by atoms with E-state index in [0.29, 0.717) is 6.54 Å². The number of rotatable bonds is 4. The number of benzene rings is 1. The van der Waals surface area contributed by atoms with Crippen molar-refractivity contribution in [1.82, 2.24) is 4.90 Å². The van der Waals surface area contributed by atoms with E-state index < -0.39 is 5.97 Å². The molecular formula is C14H19NO3.